The van der Waals surface area contributed by atoms with Crippen LogP contribution in [0.15, 0.2) is 128 Å². The van der Waals surface area contributed by atoms with Crippen molar-refractivity contribution in [3.8, 4) is 56.1 Å². The van der Waals surface area contributed by atoms with E-state index in [4.69, 9.17) is 9.47 Å². The van der Waals surface area contributed by atoms with Crippen LogP contribution in [0.2, 0.25) is 0 Å². The second-order valence-electron chi connectivity index (χ2n) is 15.1. The highest BCUT2D eigenvalue weighted by molar-refractivity contribution is 6.18. The maximum absolute atomic E-state index is 6.31. The molecule has 4 heteroatoms. The van der Waals surface area contributed by atoms with E-state index in [-0.39, 0.29) is 0 Å². The largest absolute Gasteiger partial charge is 0.493 e. The fourth-order valence-electron chi connectivity index (χ4n) is 7.74. The summed E-state index contributed by atoms with van der Waals surface area (Å²) in [6, 6.07) is 43.5. The van der Waals surface area contributed by atoms with Gasteiger partial charge in [0.1, 0.15) is 11.5 Å². The summed E-state index contributed by atoms with van der Waals surface area (Å²) in [6.45, 7) is 10.6. The molecule has 282 valence electrons. The summed E-state index contributed by atoms with van der Waals surface area (Å²) in [5.41, 5.74) is 11.4. The van der Waals surface area contributed by atoms with E-state index in [1.807, 2.05) is 18.3 Å². The smallest absolute Gasteiger partial charge is 0.119 e. The molecule has 7 rings (SSSR count). The van der Waals surface area contributed by atoms with Gasteiger partial charge >= 0.3 is 0 Å². The van der Waals surface area contributed by atoms with E-state index in [0.29, 0.717) is 11.8 Å². The third kappa shape index (κ3) is 8.97. The summed E-state index contributed by atoms with van der Waals surface area (Å²) in [4.78, 5) is 8.43. The van der Waals surface area contributed by atoms with E-state index < -0.39 is 0 Å². The van der Waals surface area contributed by atoms with Crippen LogP contribution in [0.5, 0.6) is 11.5 Å². The molecule has 0 spiro atoms. The van der Waals surface area contributed by atoms with E-state index >= 15 is 0 Å². The number of nitrogens with one attached hydrogen (secondary N) is 1. The zero-order chi connectivity index (χ0) is 38.0. The minimum Gasteiger partial charge on any atom is -0.493 e. The Labute approximate surface area is 328 Å². The molecular formula is C51H56N2O2. The first-order valence-electron chi connectivity index (χ1n) is 20.6. The van der Waals surface area contributed by atoms with Crippen molar-refractivity contribution in [1.29, 1.82) is 0 Å². The van der Waals surface area contributed by atoms with Crippen LogP contribution in [-0.4, -0.2) is 23.2 Å². The van der Waals surface area contributed by atoms with Gasteiger partial charge in [0, 0.05) is 33.6 Å². The zero-order valence-corrected chi connectivity index (χ0v) is 33.1. The van der Waals surface area contributed by atoms with E-state index in [1.54, 1.807) is 0 Å². The molecule has 55 heavy (non-hydrogen) atoms. The predicted molar refractivity (Wildman–Crippen MR) is 233 cm³/mol. The monoisotopic (exact) mass is 728 g/mol. The molecule has 1 N–H and O–H groups in total. The average molecular weight is 729 g/mol. The number of benzene rings is 5. The van der Waals surface area contributed by atoms with Gasteiger partial charge in [-0.05, 0) is 107 Å². The number of hydrogen-bond donors (Lipinski definition) is 1. The van der Waals surface area contributed by atoms with Crippen LogP contribution >= 0.6 is 0 Å². The second kappa shape index (κ2) is 18.3. The Bertz CT molecular complexity index is 2250. The van der Waals surface area contributed by atoms with Gasteiger partial charge in [-0.15, -0.1) is 0 Å². The highest BCUT2D eigenvalue weighted by Crippen LogP contribution is 2.42. The predicted octanol–water partition coefficient (Wildman–Crippen LogP) is 14.6. The zero-order valence-electron chi connectivity index (χ0n) is 33.1. The molecule has 2 aromatic heterocycles. The van der Waals surface area contributed by atoms with E-state index in [2.05, 4.69) is 147 Å². The summed E-state index contributed by atoms with van der Waals surface area (Å²) in [5.74, 6) is 3.06. The van der Waals surface area contributed by atoms with Crippen molar-refractivity contribution >= 4 is 21.8 Å². The quantitative estimate of drug-likeness (QED) is 0.0957. The van der Waals surface area contributed by atoms with E-state index in [9.17, 15) is 0 Å². The van der Waals surface area contributed by atoms with Crippen molar-refractivity contribution in [2.75, 3.05) is 13.2 Å². The maximum Gasteiger partial charge on any atom is 0.119 e. The Balaban J connectivity index is 1.26. The molecule has 2 unspecified atom stereocenters. The van der Waals surface area contributed by atoms with Crippen LogP contribution in [0.1, 0.15) is 79.1 Å². The first-order valence-corrected chi connectivity index (χ1v) is 20.6. The number of nitrogens with zero attached hydrogens (tertiary/aromatic N) is 1. The van der Waals surface area contributed by atoms with Crippen LogP contribution in [-0.2, 0) is 0 Å². The Hall–Kier alpha value is -5.35. The summed E-state index contributed by atoms with van der Waals surface area (Å²) in [6.07, 6.45) is 11.6. The molecule has 7 aromatic rings. The molecule has 0 amide bonds. The normalized spacial score (nSPS) is 12.6. The Morgan fingerprint density at radius 2 is 1.13 bits per heavy atom. The SMILES string of the molecule is CCCCC(CC)COc1ccc(-c2cc(-c3ccc(-c4ccccn4)cc3)c3[nH]c4cccc(-c5ccc(OCC(CC)CCCC)cc5)c4c3c2)cc1. The molecule has 0 saturated carbocycles. The van der Waals surface area contributed by atoms with Gasteiger partial charge < -0.3 is 14.5 Å². The molecule has 0 aliphatic heterocycles. The summed E-state index contributed by atoms with van der Waals surface area (Å²) < 4.78 is 12.6. The van der Waals surface area contributed by atoms with Gasteiger partial charge in [-0.2, -0.15) is 0 Å². The Morgan fingerprint density at radius 3 is 1.71 bits per heavy atom. The maximum atomic E-state index is 6.31. The van der Waals surface area contributed by atoms with Crippen LogP contribution in [0.25, 0.3) is 66.4 Å². The van der Waals surface area contributed by atoms with Crippen molar-refractivity contribution < 1.29 is 9.47 Å². The van der Waals surface area contributed by atoms with Crippen LogP contribution < -0.4 is 9.47 Å². The number of H-pyrrole nitrogens is 1. The standard InChI is InChI=1S/C51H56N2O2/c1-5-9-14-36(7-3)34-54-43-27-23-38(24-28-43)42-32-46(40-19-21-41(22-20-40)48-17-11-12-31-52-48)51-47(33-42)50-45(16-13-18-49(50)53-51)39-25-29-44(30-26-39)55-35-37(8-4)15-10-6-2/h11-13,16-33,36-37,53H,5-10,14-15,34-35H2,1-4H3. The van der Waals surface area contributed by atoms with Gasteiger partial charge in [-0.3, -0.25) is 4.98 Å². The first kappa shape index (κ1) is 37.9. The molecular weight excluding hydrogens is 673 g/mol. The Kier molecular flexibility index (Phi) is 12.6. The number of aromatic amines is 1. The summed E-state index contributed by atoms with van der Waals surface area (Å²) >= 11 is 0. The number of aromatic nitrogens is 2. The summed E-state index contributed by atoms with van der Waals surface area (Å²) in [5, 5.41) is 2.43. The molecule has 0 fully saturated rings. The molecule has 4 nitrogen and oxygen atoms in total. The minimum absolute atomic E-state index is 0.595. The van der Waals surface area contributed by atoms with Gasteiger partial charge in [0.25, 0.3) is 0 Å². The van der Waals surface area contributed by atoms with E-state index in [1.165, 1.54) is 71.6 Å². The van der Waals surface area contributed by atoms with E-state index in [0.717, 1.165) is 71.0 Å². The van der Waals surface area contributed by atoms with Crippen molar-refractivity contribution in [2.45, 2.75) is 79.1 Å². The number of pyridine rings is 1. The van der Waals surface area contributed by atoms with Crippen molar-refractivity contribution in [3.05, 3.63) is 128 Å². The summed E-state index contributed by atoms with van der Waals surface area (Å²) in [7, 11) is 0. The number of ether oxygens (including phenoxy) is 2. The van der Waals surface area contributed by atoms with Crippen molar-refractivity contribution in [2.24, 2.45) is 11.8 Å². The fraction of sp³-hybridized carbons (Fsp3) is 0.314. The van der Waals surface area contributed by atoms with Crippen LogP contribution in [0, 0.1) is 11.8 Å². The first-order chi connectivity index (χ1) is 27.1. The minimum atomic E-state index is 0.595. The van der Waals surface area contributed by atoms with Crippen molar-refractivity contribution in [1.82, 2.24) is 9.97 Å². The lowest BCUT2D eigenvalue weighted by atomic mass is 9.93. The molecule has 0 saturated heterocycles. The van der Waals surface area contributed by atoms with Crippen LogP contribution in [0.4, 0.5) is 0 Å². The molecule has 0 radical (unpaired) electrons. The number of rotatable bonds is 18. The third-order valence-corrected chi connectivity index (χ3v) is 11.3. The second-order valence-corrected chi connectivity index (χ2v) is 15.1. The molecule has 0 aliphatic carbocycles. The highest BCUT2D eigenvalue weighted by atomic mass is 16.5. The Morgan fingerprint density at radius 1 is 0.545 bits per heavy atom. The lowest BCUT2D eigenvalue weighted by Gasteiger charge is -2.16. The topological polar surface area (TPSA) is 47.1 Å². The fourth-order valence-corrected chi connectivity index (χ4v) is 7.74. The van der Waals surface area contributed by atoms with Gasteiger partial charge in [0.2, 0.25) is 0 Å². The van der Waals surface area contributed by atoms with Crippen LogP contribution in [0.3, 0.4) is 0 Å². The molecule has 0 bridgehead atoms. The molecule has 0 aliphatic rings. The lowest BCUT2D eigenvalue weighted by Crippen LogP contribution is -2.11. The van der Waals surface area contributed by atoms with Crippen molar-refractivity contribution in [3.63, 3.8) is 0 Å². The van der Waals surface area contributed by atoms with Gasteiger partial charge in [-0.25, -0.2) is 0 Å². The number of fused-ring (bicyclic) bond motifs is 3. The number of hydrogen-bond acceptors (Lipinski definition) is 3. The van der Waals surface area contributed by atoms with Gasteiger partial charge in [-0.1, -0.05) is 133 Å². The van der Waals surface area contributed by atoms with Gasteiger partial charge in [0.05, 0.1) is 24.4 Å². The average Bonchev–Trinajstić information content (AvgIpc) is 3.63. The highest BCUT2D eigenvalue weighted by Gasteiger charge is 2.17. The van der Waals surface area contributed by atoms with Gasteiger partial charge in [0.15, 0.2) is 0 Å². The molecule has 2 atom stereocenters. The number of unbranched alkanes of at least 4 members (excludes halogenated alkanes) is 2. The third-order valence-electron chi connectivity index (χ3n) is 11.3. The molecule has 5 aromatic carbocycles. The molecule has 2 heterocycles. The lowest BCUT2D eigenvalue weighted by molar-refractivity contribution is 0.233.